The van der Waals surface area contributed by atoms with Gasteiger partial charge in [0.15, 0.2) is 0 Å². The first kappa shape index (κ1) is 26.8. The molecule has 1 aliphatic heterocycles. The van der Waals surface area contributed by atoms with Crippen LogP contribution in [0.3, 0.4) is 0 Å². The third-order valence-electron chi connectivity index (χ3n) is 7.41. The van der Waals surface area contributed by atoms with Crippen LogP contribution in [0.15, 0.2) is 60.7 Å². The summed E-state index contributed by atoms with van der Waals surface area (Å²) < 4.78 is 6.99. The molecule has 34 heavy (non-hydrogen) atoms. The number of carbonyl (C=O) groups excluding carboxylic acids is 1. The zero-order chi connectivity index (χ0) is 24.4. The number of benzene rings is 2. The van der Waals surface area contributed by atoms with Crippen LogP contribution in [-0.4, -0.2) is 45.7 Å². The molecule has 3 nitrogen and oxygen atoms in total. The molecule has 1 aliphatic rings. The van der Waals surface area contributed by atoms with Crippen LogP contribution in [0.5, 0.6) is 0 Å². The Bertz CT molecular complexity index is 823. The highest BCUT2D eigenvalue weighted by Gasteiger charge is 2.49. The molecule has 0 amide bonds. The van der Waals surface area contributed by atoms with Crippen molar-refractivity contribution in [2.75, 3.05) is 26.7 Å². The quantitative estimate of drug-likeness (QED) is 0.284. The highest BCUT2D eigenvalue weighted by atomic mass is 28.4. The first-order chi connectivity index (χ1) is 16.3. The Balaban J connectivity index is 1.47. The van der Waals surface area contributed by atoms with Gasteiger partial charge in [-0.25, -0.2) is 0 Å². The lowest BCUT2D eigenvalue weighted by Crippen LogP contribution is -2.66. The molecule has 0 aromatic heterocycles. The molecular weight excluding hydrogens is 434 g/mol. The van der Waals surface area contributed by atoms with Crippen LogP contribution in [-0.2, 0) is 9.22 Å². The summed E-state index contributed by atoms with van der Waals surface area (Å²) in [5.41, 5.74) is 0. The van der Waals surface area contributed by atoms with Gasteiger partial charge in [-0.3, -0.25) is 4.79 Å². The topological polar surface area (TPSA) is 29.5 Å². The SMILES string of the molecule is CN1CCC(=O)C(CCCCCCCCO[Si](c2ccccc2)(c2ccccc2)C(C)(C)C)C1. The highest BCUT2D eigenvalue weighted by Crippen LogP contribution is 2.36. The Morgan fingerprint density at radius 3 is 1.94 bits per heavy atom. The third-order valence-corrected chi connectivity index (χ3v) is 12.5. The van der Waals surface area contributed by atoms with Crippen LogP contribution in [0.1, 0.15) is 72.1 Å². The van der Waals surface area contributed by atoms with Gasteiger partial charge in [0, 0.05) is 32.0 Å². The van der Waals surface area contributed by atoms with E-state index in [1.807, 2.05) is 0 Å². The van der Waals surface area contributed by atoms with Crippen molar-refractivity contribution in [2.45, 2.75) is 77.2 Å². The molecule has 0 aliphatic carbocycles. The van der Waals surface area contributed by atoms with Crippen molar-refractivity contribution in [3.05, 3.63) is 60.7 Å². The van der Waals surface area contributed by atoms with Crippen molar-refractivity contribution in [1.29, 1.82) is 0 Å². The van der Waals surface area contributed by atoms with E-state index in [2.05, 4.69) is 93.4 Å². The number of hydrogen-bond donors (Lipinski definition) is 0. The van der Waals surface area contributed by atoms with Crippen LogP contribution < -0.4 is 10.4 Å². The van der Waals surface area contributed by atoms with Gasteiger partial charge < -0.3 is 9.33 Å². The van der Waals surface area contributed by atoms with Crippen LogP contribution in [0, 0.1) is 5.92 Å². The lowest BCUT2D eigenvalue weighted by molar-refractivity contribution is -0.126. The number of rotatable bonds is 12. The van der Waals surface area contributed by atoms with E-state index >= 15 is 0 Å². The van der Waals surface area contributed by atoms with Crippen molar-refractivity contribution in [2.24, 2.45) is 5.92 Å². The Morgan fingerprint density at radius 1 is 0.853 bits per heavy atom. The maximum atomic E-state index is 12.1. The van der Waals surface area contributed by atoms with Crippen molar-refractivity contribution >= 4 is 24.5 Å². The fourth-order valence-corrected chi connectivity index (χ4v) is 10.1. The second-order valence-electron chi connectivity index (χ2n) is 11.1. The van der Waals surface area contributed by atoms with Crippen molar-refractivity contribution in [3.8, 4) is 0 Å². The second kappa shape index (κ2) is 12.8. The number of Topliss-reactive ketones (excluding diaryl/α,β-unsaturated/α-hetero) is 1. The lowest BCUT2D eigenvalue weighted by atomic mass is 9.91. The highest BCUT2D eigenvalue weighted by molar-refractivity contribution is 6.99. The van der Waals surface area contributed by atoms with Gasteiger partial charge in [0.05, 0.1) is 0 Å². The molecule has 0 N–H and O–H groups in total. The Labute approximate surface area is 209 Å². The summed E-state index contributed by atoms with van der Waals surface area (Å²) in [6, 6.07) is 21.8. The zero-order valence-corrected chi connectivity index (χ0v) is 22.9. The van der Waals surface area contributed by atoms with E-state index in [9.17, 15) is 4.79 Å². The Kier molecular flexibility index (Phi) is 10.1. The zero-order valence-electron chi connectivity index (χ0n) is 21.9. The molecule has 1 heterocycles. The van der Waals surface area contributed by atoms with E-state index in [1.165, 1.54) is 42.5 Å². The van der Waals surface area contributed by atoms with Gasteiger partial charge in [0.2, 0.25) is 0 Å². The van der Waals surface area contributed by atoms with E-state index in [4.69, 9.17) is 4.43 Å². The molecule has 4 heteroatoms. The average molecular weight is 480 g/mol. The summed E-state index contributed by atoms with van der Waals surface area (Å²) >= 11 is 0. The number of ketones is 1. The molecule has 1 atom stereocenters. The fraction of sp³-hybridized carbons (Fsp3) is 0.567. The summed E-state index contributed by atoms with van der Waals surface area (Å²) in [6.45, 7) is 9.73. The normalized spacial score (nSPS) is 17.8. The monoisotopic (exact) mass is 479 g/mol. The summed E-state index contributed by atoms with van der Waals surface area (Å²) in [6.07, 6.45) is 9.07. The van der Waals surface area contributed by atoms with E-state index in [1.54, 1.807) is 0 Å². The van der Waals surface area contributed by atoms with Gasteiger partial charge in [-0.05, 0) is 35.3 Å². The first-order valence-corrected chi connectivity index (χ1v) is 15.2. The number of unbranched alkanes of at least 4 members (excludes halogenated alkanes) is 5. The first-order valence-electron chi connectivity index (χ1n) is 13.3. The fourth-order valence-electron chi connectivity index (χ4n) is 5.51. The average Bonchev–Trinajstić information content (AvgIpc) is 2.83. The summed E-state index contributed by atoms with van der Waals surface area (Å²) in [4.78, 5) is 14.4. The van der Waals surface area contributed by atoms with E-state index in [0.717, 1.165) is 39.0 Å². The largest absolute Gasteiger partial charge is 0.407 e. The third kappa shape index (κ3) is 6.90. The maximum Gasteiger partial charge on any atom is 0.261 e. The van der Waals surface area contributed by atoms with Crippen molar-refractivity contribution < 1.29 is 9.22 Å². The summed E-state index contributed by atoms with van der Waals surface area (Å²) in [5.74, 6) is 0.761. The molecular formula is C30H45NO2Si. The lowest BCUT2D eigenvalue weighted by Gasteiger charge is -2.43. The molecule has 3 rings (SSSR count). The Hall–Kier alpha value is -1.75. The minimum absolute atomic E-state index is 0.0420. The second-order valence-corrected chi connectivity index (χ2v) is 15.4. The van der Waals surface area contributed by atoms with Gasteiger partial charge in [-0.2, -0.15) is 0 Å². The summed E-state index contributed by atoms with van der Waals surface area (Å²) in [5, 5.41) is 2.76. The molecule has 186 valence electrons. The summed E-state index contributed by atoms with van der Waals surface area (Å²) in [7, 11) is -0.265. The van der Waals surface area contributed by atoms with E-state index in [0.29, 0.717) is 5.78 Å². The van der Waals surface area contributed by atoms with Gasteiger partial charge in [0.25, 0.3) is 8.32 Å². The Morgan fingerprint density at radius 2 is 1.38 bits per heavy atom. The molecule has 1 fully saturated rings. The number of nitrogens with zero attached hydrogens (tertiary/aromatic N) is 1. The standard InChI is InChI=1S/C30H45NO2Si/c1-30(2,3)34(27-18-12-9-13-19-27,28-20-14-10-15-21-28)33-24-16-8-6-5-7-11-17-26-25-31(4)23-22-29(26)32/h9-10,12-15,18-21,26H,5-8,11,16-17,22-25H2,1-4H3. The van der Waals surface area contributed by atoms with Gasteiger partial charge in [-0.15, -0.1) is 0 Å². The maximum absolute atomic E-state index is 12.1. The molecule has 1 saturated heterocycles. The number of carbonyl (C=O) groups is 1. The van der Waals surface area contributed by atoms with Gasteiger partial charge in [-0.1, -0.05) is 114 Å². The molecule has 2 aromatic rings. The van der Waals surface area contributed by atoms with Crippen molar-refractivity contribution in [3.63, 3.8) is 0 Å². The van der Waals surface area contributed by atoms with Crippen molar-refractivity contribution in [1.82, 2.24) is 4.90 Å². The minimum atomic E-state index is -2.40. The van der Waals surface area contributed by atoms with Crippen LogP contribution in [0.4, 0.5) is 0 Å². The van der Waals surface area contributed by atoms with Crippen LogP contribution in [0.2, 0.25) is 5.04 Å². The molecule has 0 radical (unpaired) electrons. The number of piperidine rings is 1. The molecule has 0 spiro atoms. The van der Waals surface area contributed by atoms with E-state index in [-0.39, 0.29) is 11.0 Å². The van der Waals surface area contributed by atoms with Crippen LogP contribution in [0.25, 0.3) is 0 Å². The van der Waals surface area contributed by atoms with Gasteiger partial charge in [0.1, 0.15) is 5.78 Å². The van der Waals surface area contributed by atoms with E-state index < -0.39 is 8.32 Å². The number of likely N-dealkylation sites (tertiary alicyclic amines) is 1. The predicted octanol–water partition coefficient (Wildman–Crippen LogP) is 5.81. The molecule has 0 saturated carbocycles. The minimum Gasteiger partial charge on any atom is -0.407 e. The smallest absolute Gasteiger partial charge is 0.261 e. The predicted molar refractivity (Wildman–Crippen MR) is 147 cm³/mol. The van der Waals surface area contributed by atoms with Crippen LogP contribution >= 0.6 is 0 Å². The molecule has 1 unspecified atom stereocenters. The molecule has 0 bridgehead atoms. The van der Waals surface area contributed by atoms with Gasteiger partial charge >= 0.3 is 0 Å². The number of hydrogen-bond acceptors (Lipinski definition) is 3. The molecule has 2 aromatic carbocycles.